The molecule has 1 saturated heterocycles. The third kappa shape index (κ3) is 3.57. The fourth-order valence-corrected chi connectivity index (χ4v) is 3.09. The molecule has 0 saturated carbocycles. The molecule has 1 aliphatic rings. The van der Waals surface area contributed by atoms with Crippen LogP contribution in [0.15, 0.2) is 24.3 Å². The molecule has 1 aromatic heterocycles. The van der Waals surface area contributed by atoms with Gasteiger partial charge in [0.1, 0.15) is 0 Å². The van der Waals surface area contributed by atoms with E-state index in [9.17, 15) is 0 Å². The fraction of sp³-hybridized carbons (Fsp3) is 0.500. The first-order valence-corrected chi connectivity index (χ1v) is 8.13. The third-order valence-corrected chi connectivity index (χ3v) is 4.34. The van der Waals surface area contributed by atoms with Gasteiger partial charge in [-0.15, -0.1) is 0 Å². The van der Waals surface area contributed by atoms with Crippen molar-refractivity contribution in [3.8, 4) is 5.88 Å². The van der Waals surface area contributed by atoms with Gasteiger partial charge in [-0.3, -0.25) is 0 Å². The van der Waals surface area contributed by atoms with Crippen LogP contribution in [0.3, 0.4) is 0 Å². The Balaban J connectivity index is 1.70. The summed E-state index contributed by atoms with van der Waals surface area (Å²) in [6.45, 7) is 7.78. The number of fused-ring (bicyclic) bond motifs is 1. The summed E-state index contributed by atoms with van der Waals surface area (Å²) in [4.78, 5) is 7.20. The van der Waals surface area contributed by atoms with Crippen molar-refractivity contribution in [2.45, 2.75) is 19.8 Å². The van der Waals surface area contributed by atoms with Gasteiger partial charge in [-0.1, -0.05) is 12.1 Å². The van der Waals surface area contributed by atoms with Gasteiger partial charge in [0.25, 0.3) is 0 Å². The van der Waals surface area contributed by atoms with E-state index in [4.69, 9.17) is 4.74 Å². The number of pyridine rings is 1. The molecule has 2 aromatic rings. The van der Waals surface area contributed by atoms with Crippen molar-refractivity contribution in [1.82, 2.24) is 15.2 Å². The van der Waals surface area contributed by atoms with Crippen LogP contribution in [0.1, 0.15) is 17.5 Å². The highest BCUT2D eigenvalue weighted by Gasteiger charge is 2.11. The van der Waals surface area contributed by atoms with Crippen LogP contribution in [0.25, 0.3) is 10.9 Å². The Hall–Kier alpha value is -1.65. The van der Waals surface area contributed by atoms with E-state index in [1.54, 1.807) is 7.11 Å². The largest absolute Gasteiger partial charge is 0.481 e. The highest BCUT2D eigenvalue weighted by atomic mass is 16.5. The number of rotatable bonds is 5. The van der Waals surface area contributed by atoms with Gasteiger partial charge in [0.05, 0.1) is 12.6 Å². The molecule has 1 aliphatic heterocycles. The summed E-state index contributed by atoms with van der Waals surface area (Å²) >= 11 is 0. The van der Waals surface area contributed by atoms with Gasteiger partial charge >= 0.3 is 0 Å². The van der Waals surface area contributed by atoms with E-state index in [-0.39, 0.29) is 0 Å². The Bertz CT molecular complexity index is 636. The molecule has 0 bridgehead atoms. The Morgan fingerprint density at radius 2 is 2.05 bits per heavy atom. The molecule has 22 heavy (non-hydrogen) atoms. The van der Waals surface area contributed by atoms with E-state index in [1.165, 1.54) is 16.5 Å². The molecule has 0 spiro atoms. The monoisotopic (exact) mass is 299 g/mol. The number of aromatic nitrogens is 1. The van der Waals surface area contributed by atoms with Gasteiger partial charge in [-0.05, 0) is 44.0 Å². The van der Waals surface area contributed by atoms with Crippen molar-refractivity contribution in [3.05, 3.63) is 35.4 Å². The van der Waals surface area contributed by atoms with Crippen LogP contribution in [0.2, 0.25) is 0 Å². The van der Waals surface area contributed by atoms with Crippen molar-refractivity contribution in [2.75, 3.05) is 39.8 Å². The molecule has 1 N–H and O–H groups in total. The third-order valence-electron chi connectivity index (χ3n) is 4.34. The van der Waals surface area contributed by atoms with Crippen LogP contribution in [-0.2, 0) is 6.42 Å². The highest BCUT2D eigenvalue weighted by molar-refractivity contribution is 5.80. The molecule has 0 radical (unpaired) electrons. The number of piperazine rings is 1. The maximum atomic E-state index is 5.50. The Morgan fingerprint density at radius 1 is 1.23 bits per heavy atom. The molecule has 0 amide bonds. The van der Waals surface area contributed by atoms with Crippen molar-refractivity contribution in [3.63, 3.8) is 0 Å². The number of nitrogens with one attached hydrogen (secondary N) is 1. The van der Waals surface area contributed by atoms with Crippen LogP contribution in [-0.4, -0.2) is 49.7 Å². The Kier molecular flexibility index (Phi) is 4.90. The summed E-state index contributed by atoms with van der Waals surface area (Å²) in [6.07, 6.45) is 2.17. The van der Waals surface area contributed by atoms with E-state index in [1.807, 2.05) is 0 Å². The van der Waals surface area contributed by atoms with Gasteiger partial charge in [0.15, 0.2) is 0 Å². The van der Waals surface area contributed by atoms with Gasteiger partial charge in [0.2, 0.25) is 5.88 Å². The molecule has 0 unspecified atom stereocenters. The van der Waals surface area contributed by atoms with E-state index < -0.39 is 0 Å². The average Bonchev–Trinajstić information content (AvgIpc) is 2.55. The minimum Gasteiger partial charge on any atom is -0.481 e. The van der Waals surface area contributed by atoms with Crippen molar-refractivity contribution in [2.24, 2.45) is 0 Å². The second-order valence-corrected chi connectivity index (χ2v) is 6.05. The van der Waals surface area contributed by atoms with Crippen molar-refractivity contribution in [1.29, 1.82) is 0 Å². The molecule has 0 atom stereocenters. The minimum atomic E-state index is 0.776. The number of benzene rings is 1. The van der Waals surface area contributed by atoms with Crippen molar-refractivity contribution < 1.29 is 4.74 Å². The first-order valence-electron chi connectivity index (χ1n) is 8.13. The first kappa shape index (κ1) is 15.3. The maximum absolute atomic E-state index is 5.50. The lowest BCUT2D eigenvalue weighted by Crippen LogP contribution is -2.43. The predicted molar refractivity (Wildman–Crippen MR) is 90.7 cm³/mol. The number of hydrogen-bond acceptors (Lipinski definition) is 4. The lowest BCUT2D eigenvalue weighted by Gasteiger charge is -2.27. The second-order valence-electron chi connectivity index (χ2n) is 6.05. The number of methoxy groups -OCH3 is 1. The van der Waals surface area contributed by atoms with Crippen LogP contribution in [0, 0.1) is 6.92 Å². The molecule has 4 heteroatoms. The number of ether oxygens (including phenoxy) is 1. The van der Waals surface area contributed by atoms with Crippen LogP contribution < -0.4 is 10.1 Å². The summed E-state index contributed by atoms with van der Waals surface area (Å²) in [6, 6.07) is 8.64. The zero-order valence-electron chi connectivity index (χ0n) is 13.6. The number of hydrogen-bond donors (Lipinski definition) is 1. The zero-order chi connectivity index (χ0) is 15.4. The summed E-state index contributed by atoms with van der Waals surface area (Å²) < 4.78 is 5.50. The summed E-state index contributed by atoms with van der Waals surface area (Å²) in [7, 11) is 1.71. The van der Waals surface area contributed by atoms with E-state index in [2.05, 4.69) is 46.4 Å². The van der Waals surface area contributed by atoms with Crippen LogP contribution in [0.4, 0.5) is 0 Å². The summed E-state index contributed by atoms with van der Waals surface area (Å²) in [5.41, 5.74) is 3.46. The molecule has 3 rings (SSSR count). The molecule has 0 aliphatic carbocycles. The smallest absolute Gasteiger partial charge is 0.216 e. The Labute approximate surface area is 132 Å². The molecule has 1 fully saturated rings. The lowest BCUT2D eigenvalue weighted by atomic mass is 10.1. The normalized spacial score (nSPS) is 16.1. The summed E-state index contributed by atoms with van der Waals surface area (Å²) in [5, 5.41) is 4.59. The highest BCUT2D eigenvalue weighted by Crippen LogP contribution is 2.24. The first-order chi connectivity index (χ1) is 10.8. The van der Waals surface area contributed by atoms with Crippen LogP contribution >= 0.6 is 0 Å². The quantitative estimate of drug-likeness (QED) is 0.920. The topological polar surface area (TPSA) is 37.4 Å². The number of nitrogens with zero attached hydrogens (tertiary/aromatic N) is 2. The Morgan fingerprint density at radius 3 is 2.82 bits per heavy atom. The van der Waals surface area contributed by atoms with Crippen LogP contribution in [0.5, 0.6) is 5.88 Å². The molecule has 2 heterocycles. The number of aryl methyl sites for hydroxylation is 2. The van der Waals surface area contributed by atoms with E-state index >= 15 is 0 Å². The summed E-state index contributed by atoms with van der Waals surface area (Å²) in [5.74, 6) is 0.776. The predicted octanol–water partition coefficient (Wildman–Crippen LogP) is 2.39. The second kappa shape index (κ2) is 7.07. The molecule has 118 valence electrons. The maximum Gasteiger partial charge on any atom is 0.216 e. The molecule has 1 aromatic carbocycles. The van der Waals surface area contributed by atoms with E-state index in [0.717, 1.165) is 57.0 Å². The van der Waals surface area contributed by atoms with Gasteiger partial charge < -0.3 is 15.0 Å². The van der Waals surface area contributed by atoms with Gasteiger partial charge in [-0.25, -0.2) is 4.98 Å². The average molecular weight is 299 g/mol. The van der Waals surface area contributed by atoms with Crippen molar-refractivity contribution >= 4 is 10.9 Å². The SMILES string of the molecule is COc1nc2cc(C)ccc2cc1CCCN1CCNCC1. The minimum absolute atomic E-state index is 0.776. The molecule has 4 nitrogen and oxygen atoms in total. The lowest BCUT2D eigenvalue weighted by molar-refractivity contribution is 0.238. The fourth-order valence-electron chi connectivity index (χ4n) is 3.09. The van der Waals surface area contributed by atoms with Gasteiger partial charge in [0, 0.05) is 37.1 Å². The molecular formula is C18H25N3O. The van der Waals surface area contributed by atoms with Gasteiger partial charge in [-0.2, -0.15) is 0 Å². The van der Waals surface area contributed by atoms with E-state index in [0.29, 0.717) is 0 Å². The zero-order valence-corrected chi connectivity index (χ0v) is 13.6. The standard InChI is InChI=1S/C18H25N3O/c1-14-5-6-15-13-16(18(22-2)20-17(15)12-14)4-3-9-21-10-7-19-8-11-21/h5-6,12-13,19H,3-4,7-11H2,1-2H3. The molecular weight excluding hydrogens is 274 g/mol.